The lowest BCUT2D eigenvalue weighted by molar-refractivity contribution is 0.0992. The number of halogens is 1. The first-order valence-corrected chi connectivity index (χ1v) is 7.51. The molecule has 1 atom stereocenters. The van der Waals surface area contributed by atoms with Crippen molar-refractivity contribution in [2.75, 3.05) is 6.61 Å². The molecule has 0 saturated heterocycles. The van der Waals surface area contributed by atoms with Crippen molar-refractivity contribution in [3.8, 4) is 5.75 Å². The van der Waals surface area contributed by atoms with Crippen LogP contribution in [-0.4, -0.2) is 22.2 Å². The van der Waals surface area contributed by atoms with Crippen LogP contribution >= 0.6 is 15.9 Å². The van der Waals surface area contributed by atoms with Crippen LogP contribution in [0, 0.1) is 0 Å². The molecule has 2 aromatic rings. The molecule has 4 heteroatoms. The standard InChI is InChI=1S/C15H18BrNO2/c1-3-7-19-10-5-6-14-11(8-10)12(9-17-14)15(18)13(16)4-2/h5-6,8-9,13,17H,3-4,7H2,1-2H3. The second-order valence-electron chi connectivity index (χ2n) is 4.50. The molecule has 102 valence electrons. The zero-order valence-corrected chi connectivity index (χ0v) is 12.8. The summed E-state index contributed by atoms with van der Waals surface area (Å²) in [6, 6.07) is 5.81. The van der Waals surface area contributed by atoms with E-state index in [0.29, 0.717) is 6.61 Å². The molecule has 1 aromatic carbocycles. The molecule has 0 bridgehead atoms. The molecule has 19 heavy (non-hydrogen) atoms. The molecule has 1 heterocycles. The fraction of sp³-hybridized carbons (Fsp3) is 0.400. The minimum atomic E-state index is -0.133. The number of hydrogen-bond donors (Lipinski definition) is 1. The van der Waals surface area contributed by atoms with Crippen LogP contribution in [0.3, 0.4) is 0 Å². The molecule has 2 rings (SSSR count). The quantitative estimate of drug-likeness (QED) is 0.635. The number of carbonyl (C=O) groups is 1. The topological polar surface area (TPSA) is 42.1 Å². The summed E-state index contributed by atoms with van der Waals surface area (Å²) in [5, 5.41) is 0.927. The maximum Gasteiger partial charge on any atom is 0.178 e. The molecule has 0 spiro atoms. The number of aromatic amines is 1. The average molecular weight is 324 g/mol. The van der Waals surface area contributed by atoms with Crippen molar-refractivity contribution in [1.82, 2.24) is 4.98 Å². The van der Waals surface area contributed by atoms with Gasteiger partial charge in [-0.3, -0.25) is 4.79 Å². The summed E-state index contributed by atoms with van der Waals surface area (Å²) < 4.78 is 5.62. The van der Waals surface area contributed by atoms with E-state index in [1.165, 1.54) is 0 Å². The highest BCUT2D eigenvalue weighted by atomic mass is 79.9. The Balaban J connectivity index is 2.37. The van der Waals surface area contributed by atoms with E-state index in [2.05, 4.69) is 27.8 Å². The Morgan fingerprint density at radius 3 is 2.89 bits per heavy atom. The summed E-state index contributed by atoms with van der Waals surface area (Å²) in [6.07, 6.45) is 3.52. The van der Waals surface area contributed by atoms with Gasteiger partial charge < -0.3 is 9.72 Å². The van der Waals surface area contributed by atoms with Gasteiger partial charge in [0.2, 0.25) is 0 Å². The molecule has 0 saturated carbocycles. The first-order chi connectivity index (χ1) is 9.17. The molecular weight excluding hydrogens is 306 g/mol. The average Bonchev–Trinajstić information content (AvgIpc) is 2.86. The van der Waals surface area contributed by atoms with E-state index < -0.39 is 0 Å². The highest BCUT2D eigenvalue weighted by Crippen LogP contribution is 2.26. The summed E-state index contributed by atoms with van der Waals surface area (Å²) in [7, 11) is 0. The van der Waals surface area contributed by atoms with Gasteiger partial charge in [0.05, 0.1) is 11.4 Å². The van der Waals surface area contributed by atoms with Crippen molar-refractivity contribution in [1.29, 1.82) is 0 Å². The first kappa shape index (κ1) is 14.1. The number of fused-ring (bicyclic) bond motifs is 1. The molecule has 1 unspecified atom stereocenters. The summed E-state index contributed by atoms with van der Waals surface area (Å²) in [5.74, 6) is 0.923. The second-order valence-corrected chi connectivity index (χ2v) is 5.60. The van der Waals surface area contributed by atoms with Crippen LogP contribution < -0.4 is 4.74 Å². The van der Waals surface area contributed by atoms with Gasteiger partial charge in [0.15, 0.2) is 5.78 Å². The molecule has 0 aliphatic carbocycles. The number of ether oxygens (including phenoxy) is 1. The van der Waals surface area contributed by atoms with Crippen molar-refractivity contribution >= 4 is 32.6 Å². The number of nitrogens with one attached hydrogen (secondary N) is 1. The van der Waals surface area contributed by atoms with E-state index in [4.69, 9.17) is 4.74 Å². The normalized spacial score (nSPS) is 12.6. The number of H-pyrrole nitrogens is 1. The van der Waals surface area contributed by atoms with Gasteiger partial charge in [-0.15, -0.1) is 0 Å². The van der Waals surface area contributed by atoms with E-state index in [9.17, 15) is 4.79 Å². The van der Waals surface area contributed by atoms with Crippen LogP contribution in [0.1, 0.15) is 37.0 Å². The molecule has 0 aliphatic rings. The molecule has 0 amide bonds. The van der Waals surface area contributed by atoms with Crippen molar-refractivity contribution in [2.45, 2.75) is 31.5 Å². The number of Topliss-reactive ketones (excluding diaryl/α,β-unsaturated/α-hetero) is 1. The van der Waals surface area contributed by atoms with E-state index in [1.54, 1.807) is 6.20 Å². The Hall–Kier alpha value is -1.29. The van der Waals surface area contributed by atoms with Gasteiger partial charge in [-0.05, 0) is 31.0 Å². The predicted octanol–water partition coefficient (Wildman–Crippen LogP) is 4.31. The molecule has 0 aliphatic heterocycles. The number of aromatic nitrogens is 1. The van der Waals surface area contributed by atoms with E-state index in [0.717, 1.165) is 35.1 Å². The number of benzene rings is 1. The van der Waals surface area contributed by atoms with Crippen LogP contribution in [-0.2, 0) is 0 Å². The Bertz CT molecular complexity index is 577. The van der Waals surface area contributed by atoms with Crippen LogP contribution in [0.25, 0.3) is 10.9 Å². The van der Waals surface area contributed by atoms with Crippen LogP contribution in [0.5, 0.6) is 5.75 Å². The highest BCUT2D eigenvalue weighted by molar-refractivity contribution is 9.10. The van der Waals surface area contributed by atoms with Gasteiger partial charge in [-0.1, -0.05) is 29.8 Å². The van der Waals surface area contributed by atoms with Crippen molar-refractivity contribution in [3.63, 3.8) is 0 Å². The fourth-order valence-corrected chi connectivity index (χ4v) is 2.21. The Morgan fingerprint density at radius 1 is 1.42 bits per heavy atom. The number of rotatable bonds is 6. The maximum absolute atomic E-state index is 12.3. The smallest absolute Gasteiger partial charge is 0.178 e. The minimum absolute atomic E-state index is 0.112. The second kappa shape index (κ2) is 6.24. The monoisotopic (exact) mass is 323 g/mol. The largest absolute Gasteiger partial charge is 0.494 e. The maximum atomic E-state index is 12.3. The Kier molecular flexibility index (Phi) is 4.64. The summed E-state index contributed by atoms with van der Waals surface area (Å²) in [4.78, 5) is 15.3. The van der Waals surface area contributed by atoms with E-state index >= 15 is 0 Å². The number of alkyl halides is 1. The third-order valence-electron chi connectivity index (χ3n) is 3.03. The van der Waals surface area contributed by atoms with Gasteiger partial charge in [-0.25, -0.2) is 0 Å². The summed E-state index contributed by atoms with van der Waals surface area (Å²) in [6.45, 7) is 4.75. The van der Waals surface area contributed by atoms with Crippen LogP contribution in [0.2, 0.25) is 0 Å². The van der Waals surface area contributed by atoms with Gasteiger partial charge in [-0.2, -0.15) is 0 Å². The lowest BCUT2D eigenvalue weighted by Crippen LogP contribution is -2.12. The minimum Gasteiger partial charge on any atom is -0.494 e. The Labute approximate surface area is 121 Å². The Morgan fingerprint density at radius 2 is 2.21 bits per heavy atom. The SMILES string of the molecule is CCCOc1ccc2[nH]cc(C(=O)C(Br)CC)c2c1. The first-order valence-electron chi connectivity index (χ1n) is 6.59. The van der Waals surface area contributed by atoms with Crippen LogP contribution in [0.4, 0.5) is 0 Å². The number of ketones is 1. The van der Waals surface area contributed by atoms with Crippen molar-refractivity contribution < 1.29 is 9.53 Å². The highest BCUT2D eigenvalue weighted by Gasteiger charge is 2.18. The summed E-state index contributed by atoms with van der Waals surface area (Å²) in [5.41, 5.74) is 1.68. The molecule has 0 fully saturated rings. The molecule has 1 aromatic heterocycles. The van der Waals surface area contributed by atoms with Gasteiger partial charge in [0, 0.05) is 22.7 Å². The third kappa shape index (κ3) is 3.00. The van der Waals surface area contributed by atoms with Crippen molar-refractivity contribution in [2.24, 2.45) is 0 Å². The molecular formula is C15H18BrNO2. The predicted molar refractivity (Wildman–Crippen MR) is 81.4 cm³/mol. The summed E-state index contributed by atoms with van der Waals surface area (Å²) >= 11 is 3.42. The fourth-order valence-electron chi connectivity index (χ4n) is 1.97. The lowest BCUT2D eigenvalue weighted by Gasteiger charge is -2.06. The third-order valence-corrected chi connectivity index (χ3v) is 4.10. The van der Waals surface area contributed by atoms with E-state index in [1.807, 2.05) is 25.1 Å². The molecule has 3 nitrogen and oxygen atoms in total. The van der Waals surface area contributed by atoms with Crippen LogP contribution in [0.15, 0.2) is 24.4 Å². The van der Waals surface area contributed by atoms with Gasteiger partial charge in [0.25, 0.3) is 0 Å². The number of carbonyl (C=O) groups excluding carboxylic acids is 1. The zero-order chi connectivity index (χ0) is 13.8. The van der Waals surface area contributed by atoms with Gasteiger partial charge >= 0.3 is 0 Å². The van der Waals surface area contributed by atoms with Gasteiger partial charge in [0.1, 0.15) is 5.75 Å². The lowest BCUT2D eigenvalue weighted by atomic mass is 10.1. The zero-order valence-electron chi connectivity index (χ0n) is 11.2. The molecule has 0 radical (unpaired) electrons. The molecule has 1 N–H and O–H groups in total. The van der Waals surface area contributed by atoms with E-state index in [-0.39, 0.29) is 10.6 Å². The van der Waals surface area contributed by atoms with Crippen molar-refractivity contribution in [3.05, 3.63) is 30.0 Å². The number of hydrogen-bond acceptors (Lipinski definition) is 2.